The minimum absolute atomic E-state index is 0.185. The summed E-state index contributed by atoms with van der Waals surface area (Å²) in [5.74, 6) is 0.323. The van der Waals surface area contributed by atoms with Gasteiger partial charge in [-0.25, -0.2) is 4.68 Å². The van der Waals surface area contributed by atoms with Crippen LogP contribution in [0.25, 0.3) is 0 Å². The molecule has 0 saturated heterocycles. The predicted molar refractivity (Wildman–Crippen MR) is 72.3 cm³/mol. The van der Waals surface area contributed by atoms with Gasteiger partial charge in [0.1, 0.15) is 5.82 Å². The standard InChI is InChI=1S/C11H14BrN5O/c1-3-7-11(12)8(16(2)14-7)6-17-10(18)5-4-9(13)15-17/h4-5H,3,6H2,1-2H3,(H2,13,15). The summed E-state index contributed by atoms with van der Waals surface area (Å²) in [7, 11) is 1.84. The fourth-order valence-electron chi connectivity index (χ4n) is 1.71. The average molecular weight is 312 g/mol. The lowest BCUT2D eigenvalue weighted by Crippen LogP contribution is -2.24. The predicted octanol–water partition coefficient (Wildman–Crippen LogP) is 0.932. The highest BCUT2D eigenvalue weighted by Crippen LogP contribution is 2.21. The molecule has 2 aromatic rings. The normalized spacial score (nSPS) is 10.8. The molecule has 2 aromatic heterocycles. The smallest absolute Gasteiger partial charge is 0.267 e. The molecule has 0 unspecified atom stereocenters. The fraction of sp³-hybridized carbons (Fsp3) is 0.364. The third-order valence-electron chi connectivity index (χ3n) is 2.69. The summed E-state index contributed by atoms with van der Waals surface area (Å²) in [4.78, 5) is 11.7. The topological polar surface area (TPSA) is 78.7 Å². The first-order chi connectivity index (χ1) is 8.52. The van der Waals surface area contributed by atoms with Gasteiger partial charge in [0, 0.05) is 13.1 Å². The molecule has 2 N–H and O–H groups in total. The Balaban J connectivity index is 2.43. The summed E-state index contributed by atoms with van der Waals surface area (Å²) >= 11 is 3.51. The van der Waals surface area contributed by atoms with Crippen LogP contribution in [0.15, 0.2) is 21.4 Å². The molecule has 0 aliphatic rings. The van der Waals surface area contributed by atoms with E-state index in [0.29, 0.717) is 12.4 Å². The van der Waals surface area contributed by atoms with Crippen LogP contribution in [0, 0.1) is 0 Å². The lowest BCUT2D eigenvalue weighted by Gasteiger charge is -2.06. The molecule has 0 spiro atoms. The lowest BCUT2D eigenvalue weighted by atomic mass is 10.3. The number of rotatable bonds is 3. The maximum Gasteiger partial charge on any atom is 0.267 e. The zero-order chi connectivity index (χ0) is 13.3. The van der Waals surface area contributed by atoms with E-state index in [0.717, 1.165) is 22.3 Å². The molecule has 6 nitrogen and oxygen atoms in total. The fourth-order valence-corrected chi connectivity index (χ4v) is 2.45. The van der Waals surface area contributed by atoms with Crippen LogP contribution in [0.1, 0.15) is 18.3 Å². The molecule has 0 aromatic carbocycles. The Hall–Kier alpha value is -1.63. The molecule has 2 rings (SSSR count). The molecule has 0 aliphatic heterocycles. The van der Waals surface area contributed by atoms with Crippen molar-refractivity contribution in [1.82, 2.24) is 19.6 Å². The van der Waals surface area contributed by atoms with Crippen molar-refractivity contribution < 1.29 is 0 Å². The molecular weight excluding hydrogens is 298 g/mol. The van der Waals surface area contributed by atoms with E-state index in [1.54, 1.807) is 4.68 Å². The van der Waals surface area contributed by atoms with Crippen LogP contribution in [0.4, 0.5) is 5.82 Å². The van der Waals surface area contributed by atoms with E-state index in [2.05, 4.69) is 26.1 Å². The van der Waals surface area contributed by atoms with Gasteiger partial charge in [-0.3, -0.25) is 9.48 Å². The van der Waals surface area contributed by atoms with Crippen molar-refractivity contribution in [1.29, 1.82) is 0 Å². The summed E-state index contributed by atoms with van der Waals surface area (Å²) in [6.45, 7) is 2.37. The van der Waals surface area contributed by atoms with Crippen molar-refractivity contribution in [3.63, 3.8) is 0 Å². The van der Waals surface area contributed by atoms with E-state index < -0.39 is 0 Å². The first-order valence-corrected chi connectivity index (χ1v) is 6.36. The van der Waals surface area contributed by atoms with Crippen LogP contribution in [-0.4, -0.2) is 19.6 Å². The number of nitrogens with zero attached hydrogens (tertiary/aromatic N) is 4. The minimum atomic E-state index is -0.185. The quantitative estimate of drug-likeness (QED) is 0.914. The number of hydrogen-bond acceptors (Lipinski definition) is 4. The van der Waals surface area contributed by atoms with Gasteiger partial charge in [-0.05, 0) is 28.4 Å². The number of halogens is 1. The molecule has 18 heavy (non-hydrogen) atoms. The van der Waals surface area contributed by atoms with E-state index >= 15 is 0 Å². The third kappa shape index (κ3) is 2.31. The van der Waals surface area contributed by atoms with Crippen LogP contribution in [-0.2, 0) is 20.0 Å². The second-order valence-corrected chi connectivity index (χ2v) is 4.73. The van der Waals surface area contributed by atoms with Crippen molar-refractivity contribution >= 4 is 21.7 Å². The van der Waals surface area contributed by atoms with Gasteiger partial charge in [-0.15, -0.1) is 0 Å². The van der Waals surface area contributed by atoms with Gasteiger partial charge in [0.05, 0.1) is 22.4 Å². The molecule has 0 fully saturated rings. The van der Waals surface area contributed by atoms with Gasteiger partial charge >= 0.3 is 0 Å². The van der Waals surface area contributed by atoms with Crippen molar-refractivity contribution in [2.75, 3.05) is 5.73 Å². The summed E-state index contributed by atoms with van der Waals surface area (Å²) < 4.78 is 4.00. The SMILES string of the molecule is CCc1nn(C)c(Cn2nc(N)ccc2=O)c1Br. The van der Waals surface area contributed by atoms with E-state index in [1.165, 1.54) is 16.8 Å². The minimum Gasteiger partial charge on any atom is -0.382 e. The van der Waals surface area contributed by atoms with Crippen molar-refractivity contribution in [3.05, 3.63) is 38.3 Å². The second kappa shape index (κ2) is 4.93. The molecule has 0 amide bonds. The molecular formula is C11H14BrN5O. The molecule has 96 valence electrons. The average Bonchev–Trinajstić information content (AvgIpc) is 2.61. The van der Waals surface area contributed by atoms with Crippen LogP contribution >= 0.6 is 15.9 Å². The zero-order valence-electron chi connectivity index (χ0n) is 10.2. The number of hydrogen-bond donors (Lipinski definition) is 1. The molecule has 0 bridgehead atoms. The van der Waals surface area contributed by atoms with Gasteiger partial charge in [-0.1, -0.05) is 6.92 Å². The van der Waals surface area contributed by atoms with E-state index in [1.807, 2.05) is 14.0 Å². The van der Waals surface area contributed by atoms with E-state index in [4.69, 9.17) is 5.73 Å². The number of aryl methyl sites for hydroxylation is 2. The Labute approximate surface area is 113 Å². The summed E-state index contributed by atoms with van der Waals surface area (Å²) in [6, 6.07) is 2.90. The zero-order valence-corrected chi connectivity index (χ0v) is 11.8. The first-order valence-electron chi connectivity index (χ1n) is 5.56. The maximum absolute atomic E-state index is 11.7. The van der Waals surface area contributed by atoms with Crippen LogP contribution in [0.5, 0.6) is 0 Å². The largest absolute Gasteiger partial charge is 0.382 e. The van der Waals surface area contributed by atoms with Crippen LogP contribution < -0.4 is 11.3 Å². The molecule has 0 aliphatic carbocycles. The Morgan fingerprint density at radius 3 is 2.72 bits per heavy atom. The Kier molecular flexibility index (Phi) is 3.51. The lowest BCUT2D eigenvalue weighted by molar-refractivity contribution is 0.592. The van der Waals surface area contributed by atoms with Crippen molar-refractivity contribution in [3.8, 4) is 0 Å². The second-order valence-electron chi connectivity index (χ2n) is 3.94. The van der Waals surface area contributed by atoms with Crippen LogP contribution in [0.2, 0.25) is 0 Å². The Bertz CT molecular complexity index is 631. The summed E-state index contributed by atoms with van der Waals surface area (Å²) in [6.07, 6.45) is 0.827. The highest BCUT2D eigenvalue weighted by atomic mass is 79.9. The molecule has 0 atom stereocenters. The van der Waals surface area contributed by atoms with E-state index in [-0.39, 0.29) is 5.56 Å². The van der Waals surface area contributed by atoms with Gasteiger partial charge in [0.15, 0.2) is 0 Å². The third-order valence-corrected chi connectivity index (χ3v) is 3.61. The van der Waals surface area contributed by atoms with Gasteiger partial charge in [0.25, 0.3) is 5.56 Å². The van der Waals surface area contributed by atoms with Crippen molar-refractivity contribution in [2.45, 2.75) is 19.9 Å². The maximum atomic E-state index is 11.7. The van der Waals surface area contributed by atoms with Crippen LogP contribution in [0.3, 0.4) is 0 Å². The monoisotopic (exact) mass is 311 g/mol. The molecule has 0 radical (unpaired) electrons. The number of aromatic nitrogens is 4. The Morgan fingerprint density at radius 2 is 2.11 bits per heavy atom. The highest BCUT2D eigenvalue weighted by molar-refractivity contribution is 9.10. The van der Waals surface area contributed by atoms with Gasteiger partial charge < -0.3 is 5.73 Å². The van der Waals surface area contributed by atoms with Crippen molar-refractivity contribution in [2.24, 2.45) is 7.05 Å². The van der Waals surface area contributed by atoms with Gasteiger partial charge in [0.2, 0.25) is 0 Å². The summed E-state index contributed by atoms with van der Waals surface area (Å²) in [5, 5.41) is 8.38. The highest BCUT2D eigenvalue weighted by Gasteiger charge is 2.13. The number of anilines is 1. The summed E-state index contributed by atoms with van der Waals surface area (Å²) in [5.41, 5.74) is 7.26. The first kappa shape index (κ1) is 12.8. The van der Waals surface area contributed by atoms with Gasteiger partial charge in [-0.2, -0.15) is 10.2 Å². The molecule has 7 heteroatoms. The Morgan fingerprint density at radius 1 is 1.39 bits per heavy atom. The number of nitrogens with two attached hydrogens (primary N) is 1. The molecule has 0 saturated carbocycles. The van der Waals surface area contributed by atoms with E-state index in [9.17, 15) is 4.79 Å². The number of nitrogen functional groups attached to an aromatic ring is 1. The molecule has 2 heterocycles.